The van der Waals surface area contributed by atoms with Crippen molar-refractivity contribution in [2.75, 3.05) is 6.61 Å². The molecule has 0 amide bonds. The largest absolute Gasteiger partial charge is 0.343 e. The summed E-state index contributed by atoms with van der Waals surface area (Å²) < 4.78 is 13.8. The standard InChI is InChI=1S/C34H35NO2/c1-23(2)17-26(5)37-34(29-15-13-27(21-35)14-16-29)33(22-36-34,30-19-24(3)18-25(4)20-30)32-12-8-10-28-9-6-7-11-31(28)32/h6-16,18-20,23,26H,17,22H2,1-5H3/t26-,33+,34-/m0/s1. The molecule has 37 heavy (non-hydrogen) atoms. The van der Waals surface area contributed by atoms with Crippen molar-refractivity contribution in [1.29, 1.82) is 5.26 Å². The molecule has 0 radical (unpaired) electrons. The van der Waals surface area contributed by atoms with Gasteiger partial charge in [0.2, 0.25) is 5.79 Å². The van der Waals surface area contributed by atoms with Gasteiger partial charge in [-0.05, 0) is 67.1 Å². The molecule has 1 saturated heterocycles. The molecule has 1 heterocycles. The van der Waals surface area contributed by atoms with Crippen molar-refractivity contribution < 1.29 is 9.47 Å². The van der Waals surface area contributed by atoms with Crippen LogP contribution in [0.4, 0.5) is 0 Å². The third kappa shape index (κ3) is 4.25. The smallest absolute Gasteiger partial charge is 0.211 e. The van der Waals surface area contributed by atoms with E-state index in [2.05, 4.69) is 101 Å². The third-order valence-electron chi connectivity index (χ3n) is 7.58. The van der Waals surface area contributed by atoms with Gasteiger partial charge < -0.3 is 9.47 Å². The van der Waals surface area contributed by atoms with E-state index in [-0.39, 0.29) is 6.10 Å². The lowest BCUT2D eigenvalue weighted by atomic mass is 9.61. The first kappa shape index (κ1) is 25.2. The zero-order chi connectivity index (χ0) is 26.2. The zero-order valence-corrected chi connectivity index (χ0v) is 22.4. The van der Waals surface area contributed by atoms with Gasteiger partial charge in [-0.1, -0.05) is 97.8 Å². The molecule has 0 N–H and O–H groups in total. The predicted octanol–water partition coefficient (Wildman–Crippen LogP) is 7.95. The summed E-state index contributed by atoms with van der Waals surface area (Å²) in [6.07, 6.45) is 0.885. The van der Waals surface area contributed by atoms with Crippen LogP contribution in [-0.2, 0) is 20.7 Å². The van der Waals surface area contributed by atoms with Gasteiger partial charge >= 0.3 is 0 Å². The first-order valence-corrected chi connectivity index (χ1v) is 13.2. The van der Waals surface area contributed by atoms with E-state index in [4.69, 9.17) is 9.47 Å². The topological polar surface area (TPSA) is 42.2 Å². The van der Waals surface area contributed by atoms with Crippen LogP contribution in [0.25, 0.3) is 10.8 Å². The van der Waals surface area contributed by atoms with E-state index in [9.17, 15) is 5.26 Å². The Kier molecular flexibility index (Phi) is 6.67. The Bertz CT molecular complexity index is 1440. The average Bonchev–Trinajstić information content (AvgIpc) is 2.86. The molecule has 0 spiro atoms. The maximum atomic E-state index is 9.47. The Balaban J connectivity index is 1.84. The molecule has 3 heteroatoms. The van der Waals surface area contributed by atoms with E-state index in [0.29, 0.717) is 18.1 Å². The van der Waals surface area contributed by atoms with Crippen LogP contribution >= 0.6 is 0 Å². The molecule has 0 aromatic heterocycles. The molecule has 1 fully saturated rings. The molecule has 4 aromatic carbocycles. The van der Waals surface area contributed by atoms with Crippen molar-refractivity contribution in [1.82, 2.24) is 0 Å². The van der Waals surface area contributed by atoms with Gasteiger partial charge in [0.15, 0.2) is 0 Å². The molecule has 0 bridgehead atoms. The van der Waals surface area contributed by atoms with Crippen LogP contribution in [0.3, 0.4) is 0 Å². The number of benzene rings is 4. The van der Waals surface area contributed by atoms with Crippen molar-refractivity contribution >= 4 is 10.8 Å². The highest BCUT2D eigenvalue weighted by Gasteiger charge is 2.66. The lowest BCUT2D eigenvalue weighted by molar-refractivity contribution is -0.376. The highest BCUT2D eigenvalue weighted by molar-refractivity contribution is 5.88. The monoisotopic (exact) mass is 489 g/mol. The SMILES string of the molecule is Cc1cc(C)cc([C@@]2(c3cccc4ccccc34)CO[C@]2(O[C@@H](C)CC(C)C)c2ccc(C#N)cc2)c1. The van der Waals surface area contributed by atoms with Crippen LogP contribution in [0.15, 0.2) is 84.9 Å². The predicted molar refractivity (Wildman–Crippen MR) is 149 cm³/mol. The lowest BCUT2D eigenvalue weighted by Crippen LogP contribution is -2.66. The van der Waals surface area contributed by atoms with Crippen LogP contribution in [0, 0.1) is 31.1 Å². The Morgan fingerprint density at radius 3 is 2.16 bits per heavy atom. The summed E-state index contributed by atoms with van der Waals surface area (Å²) in [4.78, 5) is 0. The van der Waals surface area contributed by atoms with E-state index in [0.717, 1.165) is 12.0 Å². The van der Waals surface area contributed by atoms with E-state index in [1.165, 1.54) is 33.0 Å². The number of hydrogen-bond acceptors (Lipinski definition) is 3. The molecule has 188 valence electrons. The van der Waals surface area contributed by atoms with E-state index >= 15 is 0 Å². The number of ether oxygens (including phenoxy) is 2. The Morgan fingerprint density at radius 2 is 1.54 bits per heavy atom. The summed E-state index contributed by atoms with van der Waals surface area (Å²) in [5, 5.41) is 11.9. The second kappa shape index (κ2) is 9.78. The molecule has 5 rings (SSSR count). The lowest BCUT2D eigenvalue weighted by Gasteiger charge is -2.60. The maximum Gasteiger partial charge on any atom is 0.211 e. The van der Waals surface area contributed by atoms with Crippen molar-refractivity contribution in [2.45, 2.75) is 58.3 Å². The summed E-state index contributed by atoms with van der Waals surface area (Å²) in [5.41, 5.74) is 5.79. The van der Waals surface area contributed by atoms with Crippen molar-refractivity contribution in [3.8, 4) is 6.07 Å². The first-order valence-electron chi connectivity index (χ1n) is 13.2. The second-order valence-electron chi connectivity index (χ2n) is 11.0. The van der Waals surface area contributed by atoms with E-state index in [1.807, 2.05) is 24.3 Å². The van der Waals surface area contributed by atoms with Crippen molar-refractivity contribution in [3.05, 3.63) is 118 Å². The fraction of sp³-hybridized carbons (Fsp3) is 0.324. The molecular weight excluding hydrogens is 454 g/mol. The number of aryl methyl sites for hydroxylation is 2. The van der Waals surface area contributed by atoms with Gasteiger partial charge in [0.05, 0.1) is 24.3 Å². The minimum absolute atomic E-state index is 0.0313. The Labute approximate surface area is 220 Å². The molecule has 0 aliphatic carbocycles. The molecule has 3 nitrogen and oxygen atoms in total. The number of fused-ring (bicyclic) bond motifs is 1. The first-order chi connectivity index (χ1) is 17.8. The molecule has 0 unspecified atom stereocenters. The maximum absolute atomic E-state index is 9.47. The minimum Gasteiger partial charge on any atom is -0.343 e. The average molecular weight is 490 g/mol. The van der Waals surface area contributed by atoms with Gasteiger partial charge in [0, 0.05) is 5.56 Å². The summed E-state index contributed by atoms with van der Waals surface area (Å²) in [6.45, 7) is 11.4. The van der Waals surface area contributed by atoms with Crippen molar-refractivity contribution in [2.24, 2.45) is 5.92 Å². The minimum atomic E-state index is -1.04. The Morgan fingerprint density at radius 1 is 0.865 bits per heavy atom. The van der Waals surface area contributed by atoms with Gasteiger partial charge in [-0.25, -0.2) is 0 Å². The van der Waals surface area contributed by atoms with Crippen LogP contribution in [0.1, 0.15) is 60.6 Å². The number of nitrogens with zero attached hydrogens (tertiary/aromatic N) is 1. The highest BCUT2D eigenvalue weighted by Crippen LogP contribution is 2.60. The number of hydrogen-bond donors (Lipinski definition) is 0. The van der Waals surface area contributed by atoms with E-state index in [1.54, 1.807) is 0 Å². The van der Waals surface area contributed by atoms with Crippen LogP contribution < -0.4 is 0 Å². The highest BCUT2D eigenvalue weighted by atomic mass is 16.7. The van der Waals surface area contributed by atoms with Crippen molar-refractivity contribution in [3.63, 3.8) is 0 Å². The van der Waals surface area contributed by atoms with Gasteiger partial charge in [-0.2, -0.15) is 5.26 Å². The quantitative estimate of drug-likeness (QED) is 0.264. The van der Waals surface area contributed by atoms with Crippen LogP contribution in [0.5, 0.6) is 0 Å². The van der Waals surface area contributed by atoms with Gasteiger partial charge in [-0.15, -0.1) is 0 Å². The number of rotatable bonds is 7. The van der Waals surface area contributed by atoms with Gasteiger partial charge in [0.1, 0.15) is 5.41 Å². The van der Waals surface area contributed by atoms with Gasteiger partial charge in [-0.3, -0.25) is 0 Å². The van der Waals surface area contributed by atoms with Gasteiger partial charge in [0.25, 0.3) is 0 Å². The Hall–Kier alpha value is -3.45. The van der Waals surface area contributed by atoms with Crippen LogP contribution in [0.2, 0.25) is 0 Å². The molecule has 1 aliphatic rings. The molecule has 1 aliphatic heterocycles. The molecule has 0 saturated carbocycles. The fourth-order valence-electron chi connectivity index (χ4n) is 6.14. The van der Waals surface area contributed by atoms with E-state index < -0.39 is 11.2 Å². The number of nitriles is 1. The third-order valence-corrected chi connectivity index (χ3v) is 7.58. The molecular formula is C34H35NO2. The zero-order valence-electron chi connectivity index (χ0n) is 22.4. The van der Waals surface area contributed by atoms with Crippen LogP contribution in [-0.4, -0.2) is 12.7 Å². The summed E-state index contributed by atoms with van der Waals surface area (Å²) in [5.74, 6) is -0.555. The summed E-state index contributed by atoms with van der Waals surface area (Å²) >= 11 is 0. The summed E-state index contributed by atoms with van der Waals surface area (Å²) in [6, 6.07) is 31.9. The second-order valence-corrected chi connectivity index (χ2v) is 11.0. The molecule has 4 aromatic rings. The fourth-order valence-corrected chi connectivity index (χ4v) is 6.14. The summed E-state index contributed by atoms with van der Waals surface area (Å²) in [7, 11) is 0. The normalized spacial score (nSPS) is 22.0. The molecule has 3 atom stereocenters.